The van der Waals surface area contributed by atoms with Gasteiger partial charge in [-0.05, 0) is 25.7 Å². The lowest BCUT2D eigenvalue weighted by molar-refractivity contribution is 0.0860. The molecule has 2 aliphatic rings. The first-order valence-electron chi connectivity index (χ1n) is 8.67. The van der Waals surface area contributed by atoms with Crippen molar-refractivity contribution in [1.29, 1.82) is 0 Å². The fraction of sp³-hybridized carbons (Fsp3) is 0.812. The van der Waals surface area contributed by atoms with Crippen LogP contribution in [0, 0.1) is 0 Å². The van der Waals surface area contributed by atoms with E-state index in [0.29, 0.717) is 12.4 Å². The Balaban J connectivity index is 1.86. The second-order valence-corrected chi connectivity index (χ2v) is 8.79. The molecular formula is C16H27N3O3S. The van der Waals surface area contributed by atoms with Crippen molar-refractivity contribution in [2.75, 3.05) is 13.2 Å². The molecule has 1 atom stereocenters. The van der Waals surface area contributed by atoms with Crippen LogP contribution in [-0.2, 0) is 14.8 Å². The van der Waals surface area contributed by atoms with Crippen molar-refractivity contribution in [3.05, 3.63) is 12.0 Å². The van der Waals surface area contributed by atoms with E-state index >= 15 is 0 Å². The predicted octanol–water partition coefficient (Wildman–Crippen LogP) is 2.65. The van der Waals surface area contributed by atoms with Gasteiger partial charge in [-0.15, -0.1) is 0 Å². The smallest absolute Gasteiger partial charge is 0.260 e. The molecular weight excluding hydrogens is 314 g/mol. The third kappa shape index (κ3) is 3.61. The van der Waals surface area contributed by atoms with Gasteiger partial charge in [0, 0.05) is 25.1 Å². The van der Waals surface area contributed by atoms with E-state index in [9.17, 15) is 8.42 Å². The summed E-state index contributed by atoms with van der Waals surface area (Å²) in [4.78, 5) is 7.23. The molecule has 23 heavy (non-hydrogen) atoms. The molecule has 1 aliphatic heterocycles. The van der Waals surface area contributed by atoms with Crippen molar-refractivity contribution in [2.45, 2.75) is 75.5 Å². The highest BCUT2D eigenvalue weighted by Crippen LogP contribution is 2.30. The van der Waals surface area contributed by atoms with Crippen molar-refractivity contribution in [3.8, 4) is 0 Å². The highest BCUT2D eigenvalue weighted by molar-refractivity contribution is 7.89. The summed E-state index contributed by atoms with van der Waals surface area (Å²) in [6.07, 6.45) is 7.53. The molecule has 6 nitrogen and oxygen atoms in total. The van der Waals surface area contributed by atoms with Gasteiger partial charge in [0.2, 0.25) is 0 Å². The second kappa shape index (κ2) is 6.91. The Labute approximate surface area is 138 Å². The van der Waals surface area contributed by atoms with E-state index in [1.54, 1.807) is 4.31 Å². The number of nitrogens with zero attached hydrogens (tertiary/aromatic N) is 2. The number of hydrogen-bond acceptors (Lipinski definition) is 4. The molecule has 0 spiro atoms. The van der Waals surface area contributed by atoms with Crippen LogP contribution in [0.3, 0.4) is 0 Å². The summed E-state index contributed by atoms with van der Waals surface area (Å²) in [6, 6.07) is 0.0926. The van der Waals surface area contributed by atoms with Gasteiger partial charge in [0.1, 0.15) is 5.82 Å². The van der Waals surface area contributed by atoms with Crippen molar-refractivity contribution < 1.29 is 13.2 Å². The minimum absolute atomic E-state index is 0.0258. The molecule has 2 heterocycles. The zero-order valence-electron chi connectivity index (χ0n) is 14.0. The highest BCUT2D eigenvalue weighted by Gasteiger charge is 2.36. The number of sulfonamides is 1. The van der Waals surface area contributed by atoms with Crippen molar-refractivity contribution in [3.63, 3.8) is 0 Å². The van der Waals surface area contributed by atoms with Gasteiger partial charge in [0.25, 0.3) is 10.0 Å². The van der Waals surface area contributed by atoms with E-state index in [1.165, 1.54) is 6.20 Å². The number of aromatic nitrogens is 2. The Bertz CT molecular complexity index is 614. The molecule has 0 unspecified atom stereocenters. The summed E-state index contributed by atoms with van der Waals surface area (Å²) in [7, 11) is -3.55. The number of H-pyrrole nitrogens is 1. The predicted molar refractivity (Wildman–Crippen MR) is 87.8 cm³/mol. The van der Waals surface area contributed by atoms with Crippen LogP contribution in [0.15, 0.2) is 11.2 Å². The molecule has 0 radical (unpaired) electrons. The summed E-state index contributed by atoms with van der Waals surface area (Å²) in [5.74, 6) is 0.893. The standard InChI is InChI=1S/C16H27N3O3S/c1-12(2)16-17-10-15(18-16)23(20,21)19(13-6-3-4-7-13)11-14-8-5-9-22-14/h10,12-14H,3-9,11H2,1-2H3,(H,17,18)/t14-/m0/s1. The summed E-state index contributed by atoms with van der Waals surface area (Å²) >= 11 is 0. The number of imidazole rings is 1. The molecule has 1 saturated heterocycles. The number of ether oxygens (including phenoxy) is 1. The number of hydrogen-bond donors (Lipinski definition) is 1. The molecule has 3 rings (SSSR count). The minimum Gasteiger partial charge on any atom is -0.377 e. The lowest BCUT2D eigenvalue weighted by atomic mass is 10.2. The third-order valence-electron chi connectivity index (χ3n) is 4.85. The van der Waals surface area contributed by atoms with Crippen LogP contribution >= 0.6 is 0 Å². The quantitative estimate of drug-likeness (QED) is 0.863. The van der Waals surface area contributed by atoms with E-state index < -0.39 is 10.0 Å². The van der Waals surface area contributed by atoms with Gasteiger partial charge >= 0.3 is 0 Å². The minimum atomic E-state index is -3.55. The van der Waals surface area contributed by atoms with Gasteiger partial charge in [0.15, 0.2) is 5.03 Å². The molecule has 0 amide bonds. The fourth-order valence-electron chi connectivity index (χ4n) is 3.49. The van der Waals surface area contributed by atoms with Gasteiger partial charge in [-0.2, -0.15) is 4.31 Å². The van der Waals surface area contributed by atoms with Crippen LogP contribution in [-0.4, -0.2) is 48.0 Å². The van der Waals surface area contributed by atoms with Gasteiger partial charge in [-0.1, -0.05) is 26.7 Å². The number of nitrogens with one attached hydrogen (secondary N) is 1. The molecule has 7 heteroatoms. The maximum absolute atomic E-state index is 13.1. The van der Waals surface area contributed by atoms with Crippen molar-refractivity contribution in [1.82, 2.24) is 14.3 Å². The van der Waals surface area contributed by atoms with Crippen LogP contribution < -0.4 is 0 Å². The summed E-state index contributed by atoms with van der Waals surface area (Å²) in [6.45, 7) is 5.19. The monoisotopic (exact) mass is 341 g/mol. The SMILES string of the molecule is CC(C)c1ncc(S(=O)(=O)N(C[C@@H]2CCCO2)C2CCCC2)[nH]1. The average Bonchev–Trinajstić information content (AvgIpc) is 3.24. The van der Waals surface area contributed by atoms with Gasteiger partial charge in [-0.3, -0.25) is 0 Å². The molecule has 1 N–H and O–H groups in total. The topological polar surface area (TPSA) is 75.3 Å². The van der Waals surface area contributed by atoms with E-state index in [1.807, 2.05) is 13.8 Å². The molecule has 0 aromatic carbocycles. The Morgan fingerprint density at radius 2 is 2.04 bits per heavy atom. The van der Waals surface area contributed by atoms with E-state index in [0.717, 1.165) is 45.1 Å². The molecule has 1 aliphatic carbocycles. The fourth-order valence-corrected chi connectivity index (χ4v) is 5.13. The summed E-state index contributed by atoms with van der Waals surface area (Å²) in [5, 5.41) is 0.214. The van der Waals surface area contributed by atoms with Crippen LogP contribution in [0.2, 0.25) is 0 Å². The first-order valence-corrected chi connectivity index (χ1v) is 10.1. The summed E-state index contributed by atoms with van der Waals surface area (Å²) < 4.78 is 33.6. The Kier molecular flexibility index (Phi) is 5.08. The lowest BCUT2D eigenvalue weighted by Gasteiger charge is -2.29. The maximum atomic E-state index is 13.1. The van der Waals surface area contributed by atoms with Gasteiger partial charge in [0.05, 0.1) is 12.3 Å². The largest absolute Gasteiger partial charge is 0.377 e. The zero-order valence-corrected chi connectivity index (χ0v) is 14.8. The number of rotatable bonds is 6. The average molecular weight is 341 g/mol. The normalized spacial score (nSPS) is 23.4. The summed E-state index contributed by atoms with van der Waals surface area (Å²) in [5.41, 5.74) is 0. The zero-order chi connectivity index (χ0) is 16.4. The molecule has 1 saturated carbocycles. The van der Waals surface area contributed by atoms with Crippen LogP contribution in [0.5, 0.6) is 0 Å². The van der Waals surface area contributed by atoms with Crippen molar-refractivity contribution in [2.24, 2.45) is 0 Å². The van der Waals surface area contributed by atoms with Crippen LogP contribution in [0.4, 0.5) is 0 Å². The van der Waals surface area contributed by atoms with Crippen LogP contribution in [0.1, 0.15) is 64.1 Å². The Hall–Kier alpha value is -0.920. The van der Waals surface area contributed by atoms with E-state index in [-0.39, 0.29) is 23.1 Å². The van der Waals surface area contributed by atoms with E-state index in [4.69, 9.17) is 4.74 Å². The van der Waals surface area contributed by atoms with Crippen molar-refractivity contribution >= 4 is 10.0 Å². The third-order valence-corrected chi connectivity index (χ3v) is 6.67. The highest BCUT2D eigenvalue weighted by atomic mass is 32.2. The Morgan fingerprint density at radius 3 is 2.61 bits per heavy atom. The molecule has 130 valence electrons. The first kappa shape index (κ1) is 16.9. The maximum Gasteiger partial charge on any atom is 0.260 e. The van der Waals surface area contributed by atoms with Gasteiger partial charge < -0.3 is 9.72 Å². The molecule has 1 aromatic heterocycles. The van der Waals surface area contributed by atoms with E-state index in [2.05, 4.69) is 9.97 Å². The molecule has 0 bridgehead atoms. The first-order chi connectivity index (χ1) is 11.0. The molecule has 1 aromatic rings. The molecule has 2 fully saturated rings. The van der Waals surface area contributed by atoms with Crippen LogP contribution in [0.25, 0.3) is 0 Å². The van der Waals surface area contributed by atoms with Gasteiger partial charge in [-0.25, -0.2) is 13.4 Å². The number of aromatic amines is 1. The Morgan fingerprint density at radius 1 is 1.30 bits per heavy atom. The second-order valence-electron chi connectivity index (χ2n) is 6.94. The lowest BCUT2D eigenvalue weighted by Crippen LogP contribution is -2.43.